The van der Waals surface area contributed by atoms with E-state index in [9.17, 15) is 8.42 Å². The topological polar surface area (TPSA) is 58.2 Å². The average molecular weight is 535 g/mol. The first-order valence-electron chi connectivity index (χ1n) is 13.4. The summed E-state index contributed by atoms with van der Waals surface area (Å²) in [6.45, 7) is 2.53. The number of rotatable bonds is 10. The number of benzene rings is 4. The van der Waals surface area contributed by atoms with Gasteiger partial charge in [-0.3, -0.25) is 0 Å². The zero-order valence-corrected chi connectivity index (χ0v) is 22.9. The molecule has 39 heavy (non-hydrogen) atoms. The Morgan fingerprint density at radius 3 is 1.97 bits per heavy atom. The van der Waals surface area contributed by atoms with Crippen LogP contribution in [0.25, 0.3) is 5.57 Å². The maximum absolute atomic E-state index is 13.6. The van der Waals surface area contributed by atoms with E-state index in [1.54, 1.807) is 12.1 Å². The third kappa shape index (κ3) is 6.63. The van der Waals surface area contributed by atoms with Gasteiger partial charge in [0.1, 0.15) is 0 Å². The molecule has 0 amide bonds. The van der Waals surface area contributed by atoms with E-state index in [2.05, 4.69) is 52.5 Å². The Bertz CT molecular complexity index is 1540. The fourth-order valence-corrected chi connectivity index (χ4v) is 6.26. The minimum atomic E-state index is -3.79. The van der Waals surface area contributed by atoms with Gasteiger partial charge >= 0.3 is 0 Å². The standard InChI is InChI=1S/C34H34N2O2S/c1-26-21-23-31(24-22-26)39(37,38)36-34(29-17-9-4-10-18-29)33(28-15-7-3-8-16-28)35-25-30-19-11-12-20-32(30)27-13-5-2-6-14-27/h3-5,7-24,33-36H,2,6,25H2,1H3/t33-,34-/m1/s1. The summed E-state index contributed by atoms with van der Waals surface area (Å²) in [5.74, 6) is 0. The zero-order valence-electron chi connectivity index (χ0n) is 22.1. The molecule has 0 saturated carbocycles. The smallest absolute Gasteiger partial charge is 0.241 e. The van der Waals surface area contributed by atoms with Crippen LogP contribution in [0.5, 0.6) is 0 Å². The zero-order chi connectivity index (χ0) is 27.1. The second-order valence-electron chi connectivity index (χ2n) is 9.89. The molecule has 5 rings (SSSR count). The Kier molecular flexibility index (Phi) is 8.52. The second kappa shape index (κ2) is 12.4. The number of hydrogen-bond acceptors (Lipinski definition) is 3. The van der Waals surface area contributed by atoms with Crippen molar-refractivity contribution in [1.29, 1.82) is 0 Å². The summed E-state index contributed by atoms with van der Waals surface area (Å²) < 4.78 is 30.3. The van der Waals surface area contributed by atoms with Crippen molar-refractivity contribution in [2.75, 3.05) is 0 Å². The number of sulfonamides is 1. The summed E-state index contributed by atoms with van der Waals surface area (Å²) in [5.41, 5.74) is 6.51. The Morgan fingerprint density at radius 1 is 0.718 bits per heavy atom. The van der Waals surface area contributed by atoms with Crippen molar-refractivity contribution in [2.45, 2.75) is 43.3 Å². The molecular formula is C34H34N2O2S. The third-order valence-electron chi connectivity index (χ3n) is 7.10. The highest BCUT2D eigenvalue weighted by atomic mass is 32.2. The highest BCUT2D eigenvalue weighted by Gasteiger charge is 2.30. The van der Waals surface area contributed by atoms with E-state index in [1.807, 2.05) is 79.7 Å². The van der Waals surface area contributed by atoms with Gasteiger partial charge in [-0.05, 0) is 59.7 Å². The molecule has 0 unspecified atom stereocenters. The molecule has 4 aromatic carbocycles. The van der Waals surface area contributed by atoms with E-state index < -0.39 is 16.1 Å². The van der Waals surface area contributed by atoms with Gasteiger partial charge in [-0.15, -0.1) is 0 Å². The molecule has 0 saturated heterocycles. The molecule has 2 N–H and O–H groups in total. The van der Waals surface area contributed by atoms with Crippen molar-refractivity contribution in [3.8, 4) is 0 Å². The summed E-state index contributed by atoms with van der Waals surface area (Å²) in [6, 6.07) is 34.4. The molecular weight excluding hydrogens is 500 g/mol. The Morgan fingerprint density at radius 2 is 1.33 bits per heavy atom. The van der Waals surface area contributed by atoms with Crippen molar-refractivity contribution in [2.24, 2.45) is 0 Å². The molecule has 0 spiro atoms. The molecule has 0 radical (unpaired) electrons. The quantitative estimate of drug-likeness (QED) is 0.225. The minimum absolute atomic E-state index is 0.252. The lowest BCUT2D eigenvalue weighted by Gasteiger charge is -2.30. The maximum Gasteiger partial charge on any atom is 0.241 e. The predicted molar refractivity (Wildman–Crippen MR) is 159 cm³/mol. The van der Waals surface area contributed by atoms with E-state index in [0.29, 0.717) is 6.54 Å². The largest absolute Gasteiger partial charge is 0.304 e. The lowest BCUT2D eigenvalue weighted by atomic mass is 9.92. The van der Waals surface area contributed by atoms with Crippen LogP contribution >= 0.6 is 0 Å². The van der Waals surface area contributed by atoms with E-state index >= 15 is 0 Å². The molecule has 2 atom stereocenters. The van der Waals surface area contributed by atoms with Crippen molar-refractivity contribution in [3.05, 3.63) is 155 Å². The SMILES string of the molecule is Cc1ccc(S(=O)(=O)N[C@H](c2ccccc2)[C@H](NCc2ccccc2C2=CCCC=C2)c2ccccc2)cc1. The van der Waals surface area contributed by atoms with Gasteiger partial charge in [0.15, 0.2) is 0 Å². The van der Waals surface area contributed by atoms with Crippen LogP contribution in [0.3, 0.4) is 0 Å². The molecule has 0 aliphatic heterocycles. The molecule has 0 bridgehead atoms. The number of hydrogen-bond donors (Lipinski definition) is 2. The molecule has 0 aromatic heterocycles. The highest BCUT2D eigenvalue weighted by Crippen LogP contribution is 2.32. The summed E-state index contributed by atoms with van der Waals surface area (Å²) in [6.07, 6.45) is 8.81. The lowest BCUT2D eigenvalue weighted by molar-refractivity contribution is 0.421. The fraction of sp³-hybridized carbons (Fsp3) is 0.176. The first-order chi connectivity index (χ1) is 19.0. The Balaban J connectivity index is 1.52. The van der Waals surface area contributed by atoms with Gasteiger partial charge in [-0.1, -0.05) is 121 Å². The van der Waals surface area contributed by atoms with Crippen LogP contribution in [0.15, 0.2) is 132 Å². The van der Waals surface area contributed by atoms with Gasteiger partial charge in [0.25, 0.3) is 0 Å². The molecule has 198 valence electrons. The minimum Gasteiger partial charge on any atom is -0.304 e. The van der Waals surface area contributed by atoms with Crippen LogP contribution in [0.1, 0.15) is 52.7 Å². The van der Waals surface area contributed by atoms with Crippen LogP contribution in [-0.2, 0) is 16.6 Å². The molecule has 1 aliphatic rings. The van der Waals surface area contributed by atoms with Gasteiger partial charge in [-0.25, -0.2) is 13.1 Å². The highest BCUT2D eigenvalue weighted by molar-refractivity contribution is 7.89. The predicted octanol–water partition coefficient (Wildman–Crippen LogP) is 7.28. The summed E-state index contributed by atoms with van der Waals surface area (Å²) in [5, 5.41) is 3.74. The van der Waals surface area contributed by atoms with Crippen molar-refractivity contribution in [1.82, 2.24) is 10.0 Å². The average Bonchev–Trinajstić information content (AvgIpc) is 2.98. The lowest BCUT2D eigenvalue weighted by Crippen LogP contribution is -2.38. The van der Waals surface area contributed by atoms with E-state index in [0.717, 1.165) is 29.5 Å². The number of nitrogens with one attached hydrogen (secondary N) is 2. The molecule has 1 aliphatic carbocycles. The summed E-state index contributed by atoms with van der Waals surface area (Å²) in [4.78, 5) is 0.252. The molecule has 0 heterocycles. The Labute approximate surface area is 232 Å². The van der Waals surface area contributed by atoms with Gasteiger partial charge in [0.2, 0.25) is 10.0 Å². The van der Waals surface area contributed by atoms with E-state index in [1.165, 1.54) is 16.7 Å². The van der Waals surface area contributed by atoms with Gasteiger partial charge < -0.3 is 5.32 Å². The first kappa shape index (κ1) is 26.8. The van der Waals surface area contributed by atoms with E-state index in [-0.39, 0.29) is 10.9 Å². The van der Waals surface area contributed by atoms with Gasteiger partial charge in [0.05, 0.1) is 17.0 Å². The van der Waals surface area contributed by atoms with Crippen molar-refractivity contribution < 1.29 is 8.42 Å². The monoisotopic (exact) mass is 534 g/mol. The van der Waals surface area contributed by atoms with E-state index in [4.69, 9.17) is 0 Å². The van der Waals surface area contributed by atoms with Crippen LogP contribution in [0.4, 0.5) is 0 Å². The normalized spacial score (nSPS) is 14.9. The molecule has 4 aromatic rings. The number of aryl methyl sites for hydroxylation is 1. The first-order valence-corrected chi connectivity index (χ1v) is 14.9. The van der Waals surface area contributed by atoms with Crippen LogP contribution < -0.4 is 10.0 Å². The van der Waals surface area contributed by atoms with Crippen molar-refractivity contribution in [3.63, 3.8) is 0 Å². The van der Waals surface area contributed by atoms with Crippen LogP contribution in [-0.4, -0.2) is 8.42 Å². The second-order valence-corrected chi connectivity index (χ2v) is 11.6. The van der Waals surface area contributed by atoms with Crippen molar-refractivity contribution >= 4 is 15.6 Å². The van der Waals surface area contributed by atoms with Gasteiger partial charge in [0, 0.05) is 6.54 Å². The van der Waals surface area contributed by atoms with Crippen LogP contribution in [0.2, 0.25) is 0 Å². The molecule has 4 nitrogen and oxygen atoms in total. The molecule has 0 fully saturated rings. The third-order valence-corrected chi connectivity index (χ3v) is 8.56. The molecule has 5 heteroatoms. The Hall–Kier alpha value is -3.77. The maximum atomic E-state index is 13.6. The van der Waals surface area contributed by atoms with Crippen LogP contribution in [0, 0.1) is 6.92 Å². The fourth-order valence-electron chi connectivity index (χ4n) is 5.02. The number of allylic oxidation sites excluding steroid dienone is 4. The summed E-state index contributed by atoms with van der Waals surface area (Å²) in [7, 11) is -3.79. The van der Waals surface area contributed by atoms with Gasteiger partial charge in [-0.2, -0.15) is 0 Å². The summed E-state index contributed by atoms with van der Waals surface area (Å²) >= 11 is 0.